The highest BCUT2D eigenvalue weighted by molar-refractivity contribution is 7.90. The number of nitrogens with zero attached hydrogens (tertiary/aromatic N) is 1. The number of fused-ring (bicyclic) bond motifs is 1. The third-order valence-electron chi connectivity index (χ3n) is 7.73. The molecule has 0 bridgehead atoms. The van der Waals surface area contributed by atoms with Crippen molar-refractivity contribution in [3.63, 3.8) is 0 Å². The molecule has 0 fully saturated rings. The van der Waals surface area contributed by atoms with E-state index < -0.39 is 33.4 Å². The van der Waals surface area contributed by atoms with E-state index in [1.165, 1.54) is 6.07 Å². The van der Waals surface area contributed by atoms with E-state index >= 15 is 0 Å². The molecule has 0 unspecified atom stereocenters. The lowest BCUT2D eigenvalue weighted by atomic mass is 10.0. The number of sulfonamides is 1. The summed E-state index contributed by atoms with van der Waals surface area (Å²) in [4.78, 5) is 40.9. The number of carbonyl (C=O) groups is 3. The van der Waals surface area contributed by atoms with Crippen molar-refractivity contribution in [2.24, 2.45) is 5.73 Å². The highest BCUT2D eigenvalue weighted by Crippen LogP contribution is 2.31. The van der Waals surface area contributed by atoms with Crippen LogP contribution in [0.2, 0.25) is 0 Å². The molecule has 4 aromatic rings. The maximum Gasteiger partial charge on any atom is 0.264 e. The summed E-state index contributed by atoms with van der Waals surface area (Å²) in [6, 6.07) is 27.1. The lowest BCUT2D eigenvalue weighted by Crippen LogP contribution is -2.56. The van der Waals surface area contributed by atoms with Gasteiger partial charge in [-0.25, -0.2) is 13.1 Å². The van der Waals surface area contributed by atoms with Gasteiger partial charge in [-0.15, -0.1) is 0 Å². The van der Waals surface area contributed by atoms with Gasteiger partial charge in [-0.2, -0.15) is 0 Å². The largest absolute Gasteiger partial charge is 0.343 e. The maximum absolute atomic E-state index is 13.9. The Hall–Kier alpha value is -4.80. The molecule has 1 heterocycles. The average Bonchev–Trinajstić information content (AvgIpc) is 3.13. The molecule has 9 nitrogen and oxygen atoms in total. The lowest BCUT2D eigenvalue weighted by molar-refractivity contribution is -0.130. The third-order valence-corrected chi connectivity index (χ3v) is 9.12. The first-order valence-corrected chi connectivity index (χ1v) is 16.1. The zero-order valence-electron chi connectivity index (χ0n) is 25.4. The molecule has 3 amide bonds. The van der Waals surface area contributed by atoms with Crippen LogP contribution in [0.3, 0.4) is 0 Å². The molecule has 4 N–H and O–H groups in total. The fourth-order valence-corrected chi connectivity index (χ4v) is 6.49. The number of nitrogens with two attached hydrogens (primary N) is 1. The Kier molecular flexibility index (Phi) is 8.90. The first-order chi connectivity index (χ1) is 21.3. The summed E-state index contributed by atoms with van der Waals surface area (Å²) in [5.74, 6) is -1.35. The molecule has 0 spiro atoms. The van der Waals surface area contributed by atoms with Gasteiger partial charge in [-0.3, -0.25) is 14.4 Å². The van der Waals surface area contributed by atoms with Crippen LogP contribution in [0.4, 0.5) is 5.69 Å². The van der Waals surface area contributed by atoms with Gasteiger partial charge in [0.15, 0.2) is 0 Å². The summed E-state index contributed by atoms with van der Waals surface area (Å²) in [6.07, 6.45) is 1.05. The van der Waals surface area contributed by atoms with Gasteiger partial charge in [0.1, 0.15) is 6.04 Å². The summed E-state index contributed by atoms with van der Waals surface area (Å²) in [5.41, 5.74) is 9.83. The number of nitrogens with one attached hydrogen (secondary N) is 2. The minimum atomic E-state index is -4.19. The number of hydrogen-bond acceptors (Lipinski definition) is 6. The summed E-state index contributed by atoms with van der Waals surface area (Å²) < 4.78 is 28.8. The van der Waals surface area contributed by atoms with E-state index in [0.717, 1.165) is 22.4 Å². The number of hydrogen-bond donors (Lipinski definition) is 3. The van der Waals surface area contributed by atoms with E-state index in [9.17, 15) is 22.8 Å². The van der Waals surface area contributed by atoms with Crippen LogP contribution in [-0.4, -0.2) is 37.7 Å². The Morgan fingerprint density at radius 1 is 0.933 bits per heavy atom. The molecule has 232 valence electrons. The molecule has 0 aromatic heterocycles. The van der Waals surface area contributed by atoms with Gasteiger partial charge >= 0.3 is 0 Å². The van der Waals surface area contributed by atoms with E-state index in [2.05, 4.69) is 16.1 Å². The Balaban J connectivity index is 1.42. The van der Waals surface area contributed by atoms with Gasteiger partial charge in [-0.05, 0) is 74.6 Å². The van der Waals surface area contributed by atoms with Crippen LogP contribution in [0.5, 0.6) is 0 Å². The normalized spacial score (nSPS) is 15.2. The zero-order valence-corrected chi connectivity index (χ0v) is 26.2. The Labute approximate surface area is 263 Å². The first-order valence-electron chi connectivity index (χ1n) is 14.6. The van der Waals surface area contributed by atoms with Gasteiger partial charge in [0.25, 0.3) is 15.9 Å². The van der Waals surface area contributed by atoms with E-state index in [0.29, 0.717) is 24.0 Å². The molecule has 0 radical (unpaired) electrons. The molecule has 1 aliphatic heterocycles. The van der Waals surface area contributed by atoms with Crippen molar-refractivity contribution < 1.29 is 22.8 Å². The Bertz CT molecular complexity index is 1850. The molecular weight excluding hydrogens is 588 g/mol. The van der Waals surface area contributed by atoms with Crippen LogP contribution in [0, 0.1) is 6.92 Å². The number of benzene rings is 4. The summed E-state index contributed by atoms with van der Waals surface area (Å²) in [7, 11) is -4.19. The average molecular weight is 625 g/mol. The van der Waals surface area contributed by atoms with Gasteiger partial charge in [0.2, 0.25) is 11.8 Å². The standard InChI is InChI=1S/C35H36N4O5S/c1-23-13-20-30-27(21-23)18-19-29(37-34(42)35(2,3)36)33(41)39(30)22-24-14-16-25(17-15-24)28-11-7-8-12-31(28)45(43,44)38-32(40)26-9-5-4-6-10-26/h4-17,20-21,29H,18-19,22,36H2,1-3H3,(H,37,42)(H,38,40)/t29-/m1/s1. The van der Waals surface area contributed by atoms with Gasteiger partial charge in [0.05, 0.1) is 17.0 Å². The lowest BCUT2D eigenvalue weighted by Gasteiger charge is -2.28. The molecule has 4 aromatic carbocycles. The molecule has 0 saturated carbocycles. The van der Waals surface area contributed by atoms with Crippen LogP contribution in [0.15, 0.2) is 102 Å². The number of aryl methyl sites for hydroxylation is 2. The molecule has 1 aliphatic rings. The van der Waals surface area contributed by atoms with Crippen molar-refractivity contribution in [2.45, 2.75) is 56.6 Å². The smallest absolute Gasteiger partial charge is 0.264 e. The van der Waals surface area contributed by atoms with Gasteiger partial charge < -0.3 is 16.0 Å². The van der Waals surface area contributed by atoms with Crippen LogP contribution in [0.25, 0.3) is 11.1 Å². The van der Waals surface area contributed by atoms with E-state index in [1.54, 1.807) is 79.4 Å². The predicted molar refractivity (Wildman–Crippen MR) is 174 cm³/mol. The summed E-state index contributed by atoms with van der Waals surface area (Å²) in [5, 5.41) is 2.85. The second-order valence-electron chi connectivity index (χ2n) is 11.8. The second kappa shape index (κ2) is 12.7. The summed E-state index contributed by atoms with van der Waals surface area (Å²) >= 11 is 0. The highest BCUT2D eigenvalue weighted by atomic mass is 32.2. The molecule has 5 rings (SSSR count). The highest BCUT2D eigenvalue weighted by Gasteiger charge is 2.34. The van der Waals surface area contributed by atoms with Gasteiger partial charge in [-0.1, -0.05) is 78.4 Å². The minimum absolute atomic E-state index is 0.0320. The van der Waals surface area contributed by atoms with E-state index in [4.69, 9.17) is 5.73 Å². The SMILES string of the molecule is Cc1ccc2c(c1)CC[C@@H](NC(=O)C(C)(C)N)C(=O)N2Cc1ccc(-c2ccccc2S(=O)(=O)NC(=O)c2ccccc2)cc1. The van der Waals surface area contributed by atoms with E-state index in [1.807, 2.05) is 31.2 Å². The fourth-order valence-electron chi connectivity index (χ4n) is 5.29. The molecule has 1 atom stereocenters. The van der Waals surface area contributed by atoms with Crippen LogP contribution >= 0.6 is 0 Å². The number of carbonyl (C=O) groups excluding carboxylic acids is 3. The minimum Gasteiger partial charge on any atom is -0.343 e. The Morgan fingerprint density at radius 2 is 1.60 bits per heavy atom. The molecule has 0 aliphatic carbocycles. The monoisotopic (exact) mass is 624 g/mol. The molecule has 45 heavy (non-hydrogen) atoms. The maximum atomic E-state index is 13.9. The third kappa shape index (κ3) is 7.13. The van der Waals surface area contributed by atoms with Crippen LogP contribution in [0.1, 0.15) is 47.3 Å². The number of anilines is 1. The predicted octanol–water partition coefficient (Wildman–Crippen LogP) is 4.48. The summed E-state index contributed by atoms with van der Waals surface area (Å²) in [6.45, 7) is 5.43. The Morgan fingerprint density at radius 3 is 2.29 bits per heavy atom. The zero-order chi connectivity index (χ0) is 32.4. The second-order valence-corrected chi connectivity index (χ2v) is 13.5. The van der Waals surface area contributed by atoms with Crippen LogP contribution in [-0.2, 0) is 32.6 Å². The van der Waals surface area contributed by atoms with Crippen molar-refractivity contribution in [2.75, 3.05) is 4.90 Å². The first kappa shape index (κ1) is 31.6. The molecule has 10 heteroatoms. The quantitative estimate of drug-likeness (QED) is 0.264. The van der Waals surface area contributed by atoms with Crippen molar-refractivity contribution in [1.82, 2.24) is 10.0 Å². The van der Waals surface area contributed by atoms with E-state index in [-0.39, 0.29) is 22.9 Å². The van der Waals surface area contributed by atoms with Gasteiger partial charge in [0, 0.05) is 16.8 Å². The molecular formula is C35H36N4O5S. The van der Waals surface area contributed by atoms with Crippen molar-refractivity contribution in [3.8, 4) is 11.1 Å². The fraction of sp³-hybridized carbons (Fsp3) is 0.229. The van der Waals surface area contributed by atoms with Crippen LogP contribution < -0.4 is 20.7 Å². The topological polar surface area (TPSA) is 139 Å². The van der Waals surface area contributed by atoms with Crippen molar-refractivity contribution in [3.05, 3.63) is 119 Å². The van der Waals surface area contributed by atoms with Crippen molar-refractivity contribution in [1.29, 1.82) is 0 Å². The number of rotatable bonds is 8. The molecule has 0 saturated heterocycles. The number of amides is 3. The van der Waals surface area contributed by atoms with Crippen molar-refractivity contribution >= 4 is 33.4 Å².